The molecule has 1 aliphatic rings. The van der Waals surface area contributed by atoms with Crippen LogP contribution in [0.1, 0.15) is 36.6 Å². The van der Waals surface area contributed by atoms with Crippen molar-refractivity contribution in [2.75, 3.05) is 28.4 Å². The highest BCUT2D eigenvalue weighted by molar-refractivity contribution is 5.87. The summed E-state index contributed by atoms with van der Waals surface area (Å²) in [5, 5.41) is 15.6. The maximum atomic E-state index is 9.71. The van der Waals surface area contributed by atoms with Crippen LogP contribution in [0.2, 0.25) is 0 Å². The van der Waals surface area contributed by atoms with Crippen LogP contribution in [0.25, 0.3) is 0 Å². The largest absolute Gasteiger partial charge is 0.497 e. The van der Waals surface area contributed by atoms with E-state index >= 15 is 0 Å². The fraction of sp³-hybridized carbons (Fsp3) is 0.409. The van der Waals surface area contributed by atoms with Gasteiger partial charge in [0.05, 0.1) is 51.2 Å². The number of piperidine rings is 1. The fourth-order valence-corrected chi connectivity index (χ4v) is 4.05. The number of hydrogen-bond donors (Lipinski definition) is 2. The number of rotatable bonds is 6. The second-order valence-corrected chi connectivity index (χ2v) is 7.12. The van der Waals surface area contributed by atoms with Gasteiger partial charge in [0.1, 0.15) is 35.1 Å². The Kier molecular flexibility index (Phi) is 6.49. The molecular weight excluding hydrogens is 372 g/mol. The number of oxime groups is 1. The Morgan fingerprint density at radius 1 is 0.862 bits per heavy atom. The molecule has 2 aromatic carbocycles. The highest BCUT2D eigenvalue weighted by atomic mass is 16.5. The van der Waals surface area contributed by atoms with Crippen molar-refractivity contribution >= 4 is 5.71 Å². The minimum absolute atomic E-state index is 0.00820. The third-order valence-electron chi connectivity index (χ3n) is 5.69. The highest BCUT2D eigenvalue weighted by Gasteiger charge is 2.40. The second kappa shape index (κ2) is 9.05. The number of ether oxygens (including phenoxy) is 4. The van der Waals surface area contributed by atoms with Crippen molar-refractivity contribution in [2.24, 2.45) is 11.1 Å². The first-order chi connectivity index (χ1) is 14.1. The fourth-order valence-electron chi connectivity index (χ4n) is 4.05. The molecule has 7 nitrogen and oxygen atoms in total. The third-order valence-corrected chi connectivity index (χ3v) is 5.69. The lowest BCUT2D eigenvalue weighted by Gasteiger charge is -2.34. The first-order valence-electron chi connectivity index (χ1n) is 9.55. The summed E-state index contributed by atoms with van der Waals surface area (Å²) in [6.45, 7) is 2.06. The molecule has 3 N–H and O–H groups in total. The van der Waals surface area contributed by atoms with Crippen LogP contribution < -0.4 is 24.3 Å². The SMILES string of the molecule is COc1ccc(OC)c([C@@H]2C/C(=N\O)[C@@H](C)[C@@H](c3cc(OC)ccc3OC)[NH2+]2)c1. The van der Waals surface area contributed by atoms with E-state index < -0.39 is 0 Å². The van der Waals surface area contributed by atoms with Gasteiger partial charge in [-0.1, -0.05) is 12.1 Å². The van der Waals surface area contributed by atoms with E-state index in [0.717, 1.165) is 39.8 Å². The lowest BCUT2D eigenvalue weighted by molar-refractivity contribution is -0.741. The van der Waals surface area contributed by atoms with Crippen LogP contribution >= 0.6 is 0 Å². The minimum atomic E-state index is -0.0272. The van der Waals surface area contributed by atoms with Gasteiger partial charge in [-0.3, -0.25) is 0 Å². The van der Waals surface area contributed by atoms with Crippen molar-refractivity contribution in [1.82, 2.24) is 0 Å². The van der Waals surface area contributed by atoms with E-state index in [1.54, 1.807) is 28.4 Å². The molecule has 7 heteroatoms. The molecule has 0 unspecified atom stereocenters. The Bertz CT molecular complexity index is 884. The zero-order chi connectivity index (χ0) is 21.0. The Morgan fingerprint density at radius 3 is 1.93 bits per heavy atom. The predicted octanol–water partition coefficient (Wildman–Crippen LogP) is 2.94. The van der Waals surface area contributed by atoms with Crippen molar-refractivity contribution < 1.29 is 29.5 Å². The van der Waals surface area contributed by atoms with Crippen LogP contribution in [0.5, 0.6) is 23.0 Å². The Morgan fingerprint density at radius 2 is 1.41 bits per heavy atom. The van der Waals surface area contributed by atoms with Crippen LogP contribution in [0.4, 0.5) is 0 Å². The topological polar surface area (TPSA) is 86.1 Å². The van der Waals surface area contributed by atoms with E-state index in [-0.39, 0.29) is 18.0 Å². The Balaban J connectivity index is 2.07. The summed E-state index contributed by atoms with van der Waals surface area (Å²) in [6, 6.07) is 11.5. The minimum Gasteiger partial charge on any atom is -0.497 e. The molecule has 0 aromatic heterocycles. The zero-order valence-corrected chi connectivity index (χ0v) is 17.5. The van der Waals surface area contributed by atoms with E-state index in [2.05, 4.69) is 17.4 Å². The summed E-state index contributed by atoms with van der Waals surface area (Å²) in [6.07, 6.45) is 0.601. The van der Waals surface area contributed by atoms with Crippen LogP contribution in [-0.2, 0) is 0 Å². The molecular formula is C22H29N2O5+. The maximum absolute atomic E-state index is 9.71. The summed E-state index contributed by atoms with van der Waals surface area (Å²) < 4.78 is 22.0. The van der Waals surface area contributed by atoms with E-state index in [1.807, 2.05) is 36.4 Å². The third kappa shape index (κ3) is 4.10. The maximum Gasteiger partial charge on any atom is 0.128 e. The van der Waals surface area contributed by atoms with Crippen LogP contribution in [-0.4, -0.2) is 39.4 Å². The molecule has 0 amide bonds. The van der Waals surface area contributed by atoms with E-state index in [0.29, 0.717) is 6.42 Å². The quantitative estimate of drug-likeness (QED) is 0.574. The Hall–Kier alpha value is -2.93. The standard InChI is InChI=1S/C22H28N2O5/c1-13-18(24-25)12-19(16-10-14(26-2)6-8-20(16)28-4)23-22(13)17-11-15(27-3)7-9-21(17)29-5/h6-11,13,19,22-23,25H,12H2,1-5H3/p+1/b24-18+/t13-,19+,22+/m1/s1. The predicted molar refractivity (Wildman–Crippen MR) is 110 cm³/mol. The molecule has 0 aliphatic carbocycles. The first kappa shape index (κ1) is 20.8. The molecule has 0 radical (unpaired) electrons. The number of nitrogens with zero attached hydrogens (tertiary/aromatic N) is 1. The molecule has 29 heavy (non-hydrogen) atoms. The van der Waals surface area contributed by atoms with Gasteiger partial charge in [0, 0.05) is 6.42 Å². The summed E-state index contributed by atoms with van der Waals surface area (Å²) >= 11 is 0. The van der Waals surface area contributed by atoms with E-state index in [4.69, 9.17) is 18.9 Å². The Labute approximate surface area is 171 Å². The molecule has 0 saturated carbocycles. The average molecular weight is 401 g/mol. The van der Waals surface area contributed by atoms with E-state index in [9.17, 15) is 5.21 Å². The number of methoxy groups -OCH3 is 4. The van der Waals surface area contributed by atoms with Crippen molar-refractivity contribution in [3.63, 3.8) is 0 Å². The smallest absolute Gasteiger partial charge is 0.128 e. The van der Waals surface area contributed by atoms with Crippen molar-refractivity contribution in [2.45, 2.75) is 25.4 Å². The molecule has 1 aliphatic heterocycles. The molecule has 3 rings (SSSR count). The van der Waals surface area contributed by atoms with Gasteiger partial charge in [0.25, 0.3) is 0 Å². The molecule has 2 aromatic rings. The van der Waals surface area contributed by atoms with Gasteiger partial charge < -0.3 is 29.5 Å². The van der Waals surface area contributed by atoms with Gasteiger partial charge in [-0.05, 0) is 36.4 Å². The number of nitrogens with two attached hydrogens (primary N) is 1. The van der Waals surface area contributed by atoms with Crippen LogP contribution in [0.3, 0.4) is 0 Å². The lowest BCUT2D eigenvalue weighted by atomic mass is 9.81. The molecule has 1 heterocycles. The normalized spacial score (nSPS) is 22.9. The molecule has 1 saturated heterocycles. The van der Waals surface area contributed by atoms with Crippen LogP contribution in [0.15, 0.2) is 41.6 Å². The zero-order valence-electron chi connectivity index (χ0n) is 17.5. The summed E-state index contributed by atoms with van der Waals surface area (Å²) in [5.41, 5.74) is 2.72. The van der Waals surface area contributed by atoms with Gasteiger partial charge in [-0.2, -0.15) is 0 Å². The van der Waals surface area contributed by atoms with Gasteiger partial charge in [-0.15, -0.1) is 0 Å². The van der Waals surface area contributed by atoms with Gasteiger partial charge in [0.2, 0.25) is 0 Å². The summed E-state index contributed by atoms with van der Waals surface area (Å²) in [7, 11) is 6.59. The van der Waals surface area contributed by atoms with Crippen molar-refractivity contribution in [3.05, 3.63) is 47.5 Å². The lowest BCUT2D eigenvalue weighted by Crippen LogP contribution is -2.90. The first-order valence-corrected chi connectivity index (χ1v) is 9.55. The number of quaternary nitrogens is 1. The molecule has 1 fully saturated rings. The summed E-state index contributed by atoms with van der Waals surface area (Å²) in [5.74, 6) is 3.06. The second-order valence-electron chi connectivity index (χ2n) is 7.12. The van der Waals surface area contributed by atoms with Crippen molar-refractivity contribution in [3.8, 4) is 23.0 Å². The van der Waals surface area contributed by atoms with Crippen molar-refractivity contribution in [1.29, 1.82) is 0 Å². The van der Waals surface area contributed by atoms with Gasteiger partial charge >= 0.3 is 0 Å². The molecule has 3 atom stereocenters. The number of benzene rings is 2. The average Bonchev–Trinajstić information content (AvgIpc) is 2.78. The molecule has 0 spiro atoms. The summed E-state index contributed by atoms with van der Waals surface area (Å²) in [4.78, 5) is 0. The molecule has 0 bridgehead atoms. The van der Waals surface area contributed by atoms with Crippen LogP contribution in [0, 0.1) is 5.92 Å². The van der Waals surface area contributed by atoms with Gasteiger partial charge in [0.15, 0.2) is 0 Å². The van der Waals surface area contributed by atoms with Gasteiger partial charge in [-0.25, -0.2) is 0 Å². The number of hydrogen-bond acceptors (Lipinski definition) is 6. The molecule has 156 valence electrons. The highest BCUT2D eigenvalue weighted by Crippen LogP contribution is 2.38. The van der Waals surface area contributed by atoms with E-state index in [1.165, 1.54) is 0 Å². The monoisotopic (exact) mass is 401 g/mol.